The zero-order valence-electron chi connectivity index (χ0n) is 13.1. The summed E-state index contributed by atoms with van der Waals surface area (Å²) in [5.41, 5.74) is 2.08. The van der Waals surface area contributed by atoms with Crippen LogP contribution in [0.3, 0.4) is 0 Å². The number of halogens is 2. The standard InChI is InChI=1S/C18H17F2NO2S/c1-21(11-12-6-8-14(9-7-12)23-18(19)20)17(22)16-10-13-4-2-3-5-15(13)24-16/h2-9,16,18H,10-11H2,1H3. The van der Waals surface area contributed by atoms with Gasteiger partial charge in [-0.3, -0.25) is 4.79 Å². The van der Waals surface area contributed by atoms with Crippen LogP contribution in [0.2, 0.25) is 0 Å². The molecule has 0 fully saturated rings. The maximum absolute atomic E-state index is 12.6. The number of fused-ring (bicyclic) bond motifs is 1. The number of ether oxygens (including phenoxy) is 1. The second kappa shape index (κ2) is 7.21. The lowest BCUT2D eigenvalue weighted by Gasteiger charge is -2.20. The van der Waals surface area contributed by atoms with Gasteiger partial charge < -0.3 is 9.64 Å². The quantitative estimate of drug-likeness (QED) is 0.818. The molecule has 0 N–H and O–H groups in total. The number of carbonyl (C=O) groups is 1. The first-order valence-electron chi connectivity index (χ1n) is 7.56. The van der Waals surface area contributed by atoms with Crippen LogP contribution in [0.4, 0.5) is 8.78 Å². The minimum atomic E-state index is -2.83. The molecule has 0 aromatic heterocycles. The van der Waals surface area contributed by atoms with E-state index in [2.05, 4.69) is 10.8 Å². The van der Waals surface area contributed by atoms with Gasteiger partial charge >= 0.3 is 6.61 Å². The van der Waals surface area contributed by atoms with Gasteiger partial charge in [0.2, 0.25) is 5.91 Å². The van der Waals surface area contributed by atoms with Gasteiger partial charge in [-0.25, -0.2) is 0 Å². The van der Waals surface area contributed by atoms with Gasteiger partial charge in [-0.15, -0.1) is 11.8 Å². The van der Waals surface area contributed by atoms with Crippen molar-refractivity contribution in [2.45, 2.75) is 29.7 Å². The fraction of sp³-hybridized carbons (Fsp3) is 0.278. The largest absolute Gasteiger partial charge is 0.435 e. The van der Waals surface area contributed by atoms with E-state index in [1.807, 2.05) is 18.2 Å². The lowest BCUT2D eigenvalue weighted by atomic mass is 10.1. The van der Waals surface area contributed by atoms with Gasteiger partial charge in [0.15, 0.2) is 0 Å². The molecule has 6 heteroatoms. The van der Waals surface area contributed by atoms with Crippen LogP contribution in [-0.2, 0) is 17.8 Å². The third kappa shape index (κ3) is 3.87. The van der Waals surface area contributed by atoms with E-state index in [0.29, 0.717) is 6.54 Å². The molecule has 3 nitrogen and oxygen atoms in total. The van der Waals surface area contributed by atoms with E-state index in [4.69, 9.17) is 0 Å². The van der Waals surface area contributed by atoms with Gasteiger partial charge in [-0.05, 0) is 35.7 Å². The summed E-state index contributed by atoms with van der Waals surface area (Å²) in [6.07, 6.45) is 0.741. The van der Waals surface area contributed by atoms with Gasteiger partial charge in [0.05, 0.1) is 5.25 Å². The zero-order valence-corrected chi connectivity index (χ0v) is 13.9. The predicted molar refractivity (Wildman–Crippen MR) is 89.3 cm³/mol. The van der Waals surface area contributed by atoms with E-state index in [1.54, 1.807) is 35.8 Å². The van der Waals surface area contributed by atoms with Crippen LogP contribution < -0.4 is 4.74 Å². The summed E-state index contributed by atoms with van der Waals surface area (Å²) in [5, 5.41) is -0.103. The third-order valence-electron chi connectivity index (χ3n) is 3.87. The molecule has 3 rings (SSSR count). The molecule has 2 aromatic rings. The average Bonchev–Trinajstić information content (AvgIpc) is 2.99. The summed E-state index contributed by atoms with van der Waals surface area (Å²) < 4.78 is 28.6. The molecule has 0 spiro atoms. The maximum atomic E-state index is 12.6. The number of hydrogen-bond acceptors (Lipinski definition) is 3. The topological polar surface area (TPSA) is 29.5 Å². The Labute approximate surface area is 143 Å². The first-order chi connectivity index (χ1) is 11.5. The molecule has 0 saturated heterocycles. The van der Waals surface area contributed by atoms with Crippen molar-refractivity contribution in [1.82, 2.24) is 4.90 Å². The Morgan fingerprint density at radius 3 is 2.62 bits per heavy atom. The summed E-state index contributed by atoms with van der Waals surface area (Å²) in [6, 6.07) is 14.4. The maximum Gasteiger partial charge on any atom is 0.387 e. The summed E-state index contributed by atoms with van der Waals surface area (Å²) in [6.45, 7) is -2.40. The van der Waals surface area contributed by atoms with Crippen molar-refractivity contribution in [1.29, 1.82) is 0 Å². The fourth-order valence-electron chi connectivity index (χ4n) is 2.69. The summed E-state index contributed by atoms with van der Waals surface area (Å²) in [5.74, 6) is 0.189. The Bertz CT molecular complexity index is 696. The van der Waals surface area contributed by atoms with Crippen molar-refractivity contribution in [3.63, 3.8) is 0 Å². The number of nitrogens with zero attached hydrogens (tertiary/aromatic N) is 1. The normalized spacial score (nSPS) is 16.1. The zero-order chi connectivity index (χ0) is 17.1. The van der Waals surface area contributed by atoms with Gasteiger partial charge in [0.1, 0.15) is 5.75 Å². The molecule has 0 aliphatic carbocycles. The number of thioether (sulfide) groups is 1. The van der Waals surface area contributed by atoms with E-state index in [-0.39, 0.29) is 16.9 Å². The minimum Gasteiger partial charge on any atom is -0.435 e. The molecule has 24 heavy (non-hydrogen) atoms. The van der Waals surface area contributed by atoms with E-state index in [9.17, 15) is 13.6 Å². The molecule has 0 bridgehead atoms. The highest BCUT2D eigenvalue weighted by Crippen LogP contribution is 2.37. The molecule has 1 aliphatic heterocycles. The van der Waals surface area contributed by atoms with Gasteiger partial charge in [0, 0.05) is 18.5 Å². The minimum absolute atomic E-state index is 0.0732. The highest BCUT2D eigenvalue weighted by Gasteiger charge is 2.30. The molecule has 126 valence electrons. The highest BCUT2D eigenvalue weighted by molar-refractivity contribution is 8.01. The molecule has 2 aromatic carbocycles. The Hall–Kier alpha value is -2.08. The Balaban J connectivity index is 1.59. The van der Waals surface area contributed by atoms with Crippen LogP contribution in [0.25, 0.3) is 0 Å². The Morgan fingerprint density at radius 2 is 1.96 bits per heavy atom. The van der Waals surface area contributed by atoms with Crippen LogP contribution in [0.15, 0.2) is 53.4 Å². The van der Waals surface area contributed by atoms with Gasteiger partial charge in [-0.2, -0.15) is 8.78 Å². The molecule has 0 radical (unpaired) electrons. The van der Waals surface area contributed by atoms with E-state index in [0.717, 1.165) is 16.9 Å². The van der Waals surface area contributed by atoms with E-state index in [1.165, 1.54) is 17.7 Å². The summed E-state index contributed by atoms with van der Waals surface area (Å²) in [7, 11) is 1.76. The molecule has 1 unspecified atom stereocenters. The van der Waals surface area contributed by atoms with Crippen LogP contribution in [-0.4, -0.2) is 29.7 Å². The number of alkyl halides is 2. The van der Waals surface area contributed by atoms with Crippen molar-refractivity contribution < 1.29 is 18.3 Å². The number of amides is 1. The first-order valence-corrected chi connectivity index (χ1v) is 8.44. The summed E-state index contributed by atoms with van der Waals surface area (Å²) >= 11 is 1.60. The number of rotatable bonds is 5. The number of hydrogen-bond donors (Lipinski definition) is 0. The fourth-order valence-corrected chi connectivity index (χ4v) is 4.00. The number of benzene rings is 2. The van der Waals surface area contributed by atoms with E-state index >= 15 is 0 Å². The Kier molecular flexibility index (Phi) is 5.04. The first kappa shape index (κ1) is 16.8. The molecule has 1 atom stereocenters. The second-order valence-electron chi connectivity index (χ2n) is 5.64. The monoisotopic (exact) mass is 349 g/mol. The lowest BCUT2D eigenvalue weighted by Crippen LogP contribution is -2.34. The third-order valence-corrected chi connectivity index (χ3v) is 5.17. The molecule has 1 aliphatic rings. The smallest absolute Gasteiger partial charge is 0.387 e. The van der Waals surface area contributed by atoms with Gasteiger partial charge in [0.25, 0.3) is 0 Å². The molecular weight excluding hydrogens is 332 g/mol. The SMILES string of the molecule is CN(Cc1ccc(OC(F)F)cc1)C(=O)C1Cc2ccccc2S1. The van der Waals surface area contributed by atoms with Crippen molar-refractivity contribution >= 4 is 17.7 Å². The lowest BCUT2D eigenvalue weighted by molar-refractivity contribution is -0.129. The highest BCUT2D eigenvalue weighted by atomic mass is 32.2. The van der Waals surface area contributed by atoms with Crippen LogP contribution >= 0.6 is 11.8 Å². The van der Waals surface area contributed by atoms with Crippen LogP contribution in [0, 0.1) is 0 Å². The van der Waals surface area contributed by atoms with Crippen molar-refractivity contribution in [3.8, 4) is 5.75 Å². The average molecular weight is 349 g/mol. The van der Waals surface area contributed by atoms with Crippen molar-refractivity contribution in [3.05, 3.63) is 59.7 Å². The van der Waals surface area contributed by atoms with Gasteiger partial charge in [-0.1, -0.05) is 30.3 Å². The second-order valence-corrected chi connectivity index (χ2v) is 6.88. The van der Waals surface area contributed by atoms with Crippen molar-refractivity contribution in [2.24, 2.45) is 0 Å². The number of carbonyl (C=O) groups excluding carboxylic acids is 1. The summed E-state index contributed by atoms with van der Waals surface area (Å²) in [4.78, 5) is 15.4. The molecule has 0 saturated carbocycles. The van der Waals surface area contributed by atoms with Crippen LogP contribution in [0.1, 0.15) is 11.1 Å². The molecule has 1 heterocycles. The Morgan fingerprint density at radius 1 is 1.25 bits per heavy atom. The van der Waals surface area contributed by atoms with Crippen molar-refractivity contribution in [2.75, 3.05) is 7.05 Å². The van der Waals surface area contributed by atoms with E-state index < -0.39 is 6.61 Å². The predicted octanol–water partition coefficient (Wildman–Crippen LogP) is 3.96. The van der Waals surface area contributed by atoms with Crippen LogP contribution in [0.5, 0.6) is 5.75 Å². The molecular formula is C18H17F2NO2S. The molecule has 1 amide bonds.